The van der Waals surface area contributed by atoms with Crippen LogP contribution in [0, 0.1) is 39.9 Å². The number of esters is 1. The van der Waals surface area contributed by atoms with Gasteiger partial charge < -0.3 is 20.3 Å². The standard InChI is InChI=1S/C45H77NO5/c1-9-10-11-12-13-14-15-16-17-18-19-20-28-46-42(50)34(23-21-22-31(2)3)40-36-29-38(49)41-43(6)26-25-37(48)32(4)35(43)24-27-44(41,7)45(36,8)30-39(40)51-33(5)47/h22,32,35-39,41,48-49H,9-21,23-30H2,1-8H3,(H,46,50)/b40-34-/t32-,35-,36-,37+,38+,39-,41-,43-,44-,45-/m0/s1. The maximum Gasteiger partial charge on any atom is 0.303 e. The number of ether oxygens (including phenoxy) is 1. The average molecular weight is 712 g/mol. The predicted molar refractivity (Wildman–Crippen MR) is 209 cm³/mol. The number of nitrogens with one attached hydrogen (secondary N) is 1. The topological polar surface area (TPSA) is 95.9 Å². The quantitative estimate of drug-likeness (QED) is 0.0569. The Kier molecular flexibility index (Phi) is 15.3. The maximum absolute atomic E-state index is 14.3. The molecule has 0 aromatic carbocycles. The third kappa shape index (κ3) is 9.35. The zero-order valence-electron chi connectivity index (χ0n) is 34.1. The van der Waals surface area contributed by atoms with E-state index in [1.54, 1.807) is 0 Å². The van der Waals surface area contributed by atoms with Crippen molar-refractivity contribution in [2.24, 2.45) is 39.9 Å². The van der Waals surface area contributed by atoms with Crippen LogP contribution in [0.4, 0.5) is 0 Å². The van der Waals surface area contributed by atoms with Crippen LogP contribution in [0.25, 0.3) is 0 Å². The fraction of sp³-hybridized carbons (Fsp3) is 0.867. The third-order valence-electron chi connectivity index (χ3n) is 14.9. The van der Waals surface area contributed by atoms with Gasteiger partial charge in [0.2, 0.25) is 5.91 Å². The fourth-order valence-corrected chi connectivity index (χ4v) is 12.1. The smallest absolute Gasteiger partial charge is 0.303 e. The molecule has 1 amide bonds. The highest BCUT2D eigenvalue weighted by atomic mass is 16.5. The minimum absolute atomic E-state index is 0.0239. The summed E-state index contributed by atoms with van der Waals surface area (Å²) in [7, 11) is 0. The van der Waals surface area contributed by atoms with E-state index in [4.69, 9.17) is 4.74 Å². The second-order valence-electron chi connectivity index (χ2n) is 18.5. The molecule has 0 aliphatic heterocycles. The number of rotatable bonds is 18. The van der Waals surface area contributed by atoms with Crippen molar-refractivity contribution in [2.75, 3.05) is 6.54 Å². The largest absolute Gasteiger partial charge is 0.458 e. The lowest BCUT2D eigenvalue weighted by molar-refractivity contribution is -0.234. The number of carbonyl (C=O) groups is 2. The van der Waals surface area contributed by atoms with Gasteiger partial charge in [0.15, 0.2) is 0 Å². The second-order valence-corrected chi connectivity index (χ2v) is 18.5. The Balaban J connectivity index is 1.51. The molecule has 4 rings (SSSR count). The van der Waals surface area contributed by atoms with Crippen molar-refractivity contribution in [3.05, 3.63) is 22.8 Å². The SMILES string of the molecule is CCCCCCCCCCCCCCNC(=O)/C(CCC=C(C)C)=C1\[C@@H](OC(C)=O)C[C@@]2(C)[C@H]1C[C@@H](O)[C@H]1[C@@]3(C)CC[C@@H](O)[C@@H](C)[C@@H]3CC[C@@]12C. The number of hydrogen-bond acceptors (Lipinski definition) is 5. The monoisotopic (exact) mass is 712 g/mol. The molecule has 4 saturated carbocycles. The van der Waals surface area contributed by atoms with Crippen LogP contribution in [-0.2, 0) is 14.3 Å². The molecule has 3 N–H and O–H groups in total. The molecule has 6 nitrogen and oxygen atoms in total. The van der Waals surface area contributed by atoms with Gasteiger partial charge >= 0.3 is 5.97 Å². The van der Waals surface area contributed by atoms with Crippen molar-refractivity contribution >= 4 is 11.9 Å². The molecule has 0 unspecified atom stereocenters. The van der Waals surface area contributed by atoms with Crippen LogP contribution in [0.2, 0.25) is 0 Å². The normalized spacial score (nSPS) is 36.8. The second kappa shape index (κ2) is 18.6. The molecule has 0 aromatic rings. The Morgan fingerprint density at radius 1 is 0.843 bits per heavy atom. The molecule has 10 atom stereocenters. The summed E-state index contributed by atoms with van der Waals surface area (Å²) in [6, 6.07) is 0. The van der Waals surface area contributed by atoms with Crippen LogP contribution in [0.1, 0.15) is 184 Å². The lowest BCUT2D eigenvalue weighted by atomic mass is 9.36. The summed E-state index contributed by atoms with van der Waals surface area (Å²) in [5.74, 6) is 0.308. The average Bonchev–Trinajstić information content (AvgIpc) is 3.34. The summed E-state index contributed by atoms with van der Waals surface area (Å²) in [5.41, 5.74) is 2.47. The summed E-state index contributed by atoms with van der Waals surface area (Å²) in [4.78, 5) is 26.9. The van der Waals surface area contributed by atoms with E-state index < -0.39 is 12.2 Å². The van der Waals surface area contributed by atoms with Crippen LogP contribution in [0.15, 0.2) is 22.8 Å². The molecule has 4 fully saturated rings. The Hall–Kier alpha value is -1.66. The Bertz CT molecular complexity index is 1220. The van der Waals surface area contributed by atoms with Gasteiger partial charge in [0.25, 0.3) is 0 Å². The lowest BCUT2D eigenvalue weighted by Crippen LogP contribution is -2.65. The van der Waals surface area contributed by atoms with Gasteiger partial charge in [-0.3, -0.25) is 9.59 Å². The van der Waals surface area contributed by atoms with Gasteiger partial charge in [-0.05, 0) is 117 Å². The van der Waals surface area contributed by atoms with Crippen molar-refractivity contribution in [3.63, 3.8) is 0 Å². The molecule has 0 heterocycles. The summed E-state index contributed by atoms with van der Waals surface area (Å²) < 4.78 is 6.18. The van der Waals surface area contributed by atoms with E-state index in [9.17, 15) is 19.8 Å². The maximum atomic E-state index is 14.3. The fourth-order valence-electron chi connectivity index (χ4n) is 12.1. The molecule has 0 spiro atoms. The number of hydrogen-bond donors (Lipinski definition) is 3. The first-order chi connectivity index (χ1) is 24.2. The van der Waals surface area contributed by atoms with Gasteiger partial charge in [-0.1, -0.05) is 117 Å². The van der Waals surface area contributed by atoms with Gasteiger partial charge in [-0.15, -0.1) is 0 Å². The summed E-state index contributed by atoms with van der Waals surface area (Å²) in [6.07, 6.45) is 22.7. The van der Waals surface area contributed by atoms with Crippen LogP contribution in [0.3, 0.4) is 0 Å². The van der Waals surface area contributed by atoms with Crippen LogP contribution >= 0.6 is 0 Å². The van der Waals surface area contributed by atoms with E-state index >= 15 is 0 Å². The highest BCUT2D eigenvalue weighted by molar-refractivity contribution is 5.94. The zero-order valence-corrected chi connectivity index (χ0v) is 34.1. The van der Waals surface area contributed by atoms with Gasteiger partial charge in [0.05, 0.1) is 12.2 Å². The Labute approximate surface area is 312 Å². The van der Waals surface area contributed by atoms with E-state index in [0.717, 1.165) is 56.1 Å². The van der Waals surface area contributed by atoms with Crippen molar-refractivity contribution in [1.82, 2.24) is 5.32 Å². The number of aliphatic hydroxyl groups excluding tert-OH is 2. The summed E-state index contributed by atoms with van der Waals surface area (Å²) >= 11 is 0. The predicted octanol–water partition coefficient (Wildman–Crippen LogP) is 10.4. The summed E-state index contributed by atoms with van der Waals surface area (Å²) in [5, 5.41) is 26.4. The minimum atomic E-state index is -0.516. The summed E-state index contributed by atoms with van der Waals surface area (Å²) in [6.45, 7) is 18.0. The minimum Gasteiger partial charge on any atom is -0.458 e. The van der Waals surface area contributed by atoms with Gasteiger partial charge in [0.1, 0.15) is 6.10 Å². The van der Waals surface area contributed by atoms with Crippen molar-refractivity contribution in [1.29, 1.82) is 0 Å². The number of fused-ring (bicyclic) bond motifs is 5. The van der Waals surface area contributed by atoms with E-state index in [2.05, 4.69) is 59.9 Å². The number of aliphatic hydroxyl groups is 2. The molecule has 0 bridgehead atoms. The number of allylic oxidation sites excluding steroid dienone is 2. The van der Waals surface area contributed by atoms with Crippen LogP contribution in [0.5, 0.6) is 0 Å². The highest BCUT2D eigenvalue weighted by Crippen LogP contribution is 2.74. The Morgan fingerprint density at radius 3 is 2.04 bits per heavy atom. The molecule has 0 saturated heterocycles. The third-order valence-corrected chi connectivity index (χ3v) is 14.9. The molecule has 292 valence electrons. The molecule has 4 aliphatic rings. The van der Waals surface area contributed by atoms with Crippen LogP contribution < -0.4 is 5.32 Å². The van der Waals surface area contributed by atoms with Crippen LogP contribution in [-0.4, -0.2) is 46.9 Å². The van der Waals surface area contributed by atoms with E-state index in [1.807, 2.05) is 0 Å². The van der Waals surface area contributed by atoms with Crippen molar-refractivity contribution < 1.29 is 24.5 Å². The number of unbranched alkanes of at least 4 members (excludes halogenated alkanes) is 11. The van der Waals surface area contributed by atoms with Gasteiger partial charge in [-0.25, -0.2) is 0 Å². The molecule has 4 aliphatic carbocycles. The lowest BCUT2D eigenvalue weighted by Gasteiger charge is -2.69. The molecule has 0 aromatic heterocycles. The number of carbonyl (C=O) groups excluding carboxylic acids is 2. The van der Waals surface area contributed by atoms with E-state index in [-0.39, 0.29) is 52.0 Å². The first-order valence-electron chi connectivity index (χ1n) is 21.4. The molecule has 0 radical (unpaired) electrons. The Morgan fingerprint density at radius 2 is 1.45 bits per heavy atom. The van der Waals surface area contributed by atoms with Gasteiger partial charge in [-0.2, -0.15) is 0 Å². The highest BCUT2D eigenvalue weighted by Gasteiger charge is 2.70. The molecule has 6 heteroatoms. The number of amides is 1. The molecular formula is C45H77NO5. The van der Waals surface area contributed by atoms with E-state index in [0.29, 0.717) is 31.7 Å². The zero-order chi connectivity index (χ0) is 37.4. The first-order valence-corrected chi connectivity index (χ1v) is 21.4. The van der Waals surface area contributed by atoms with Gasteiger partial charge in [0, 0.05) is 19.0 Å². The van der Waals surface area contributed by atoms with E-state index in [1.165, 1.54) is 76.7 Å². The molecular weight excluding hydrogens is 634 g/mol. The van der Waals surface area contributed by atoms with Crippen molar-refractivity contribution in [3.8, 4) is 0 Å². The van der Waals surface area contributed by atoms with Crippen molar-refractivity contribution in [2.45, 2.75) is 202 Å². The molecule has 51 heavy (non-hydrogen) atoms. The first kappa shape index (κ1) is 42.1.